The summed E-state index contributed by atoms with van der Waals surface area (Å²) in [5, 5.41) is 12.9. The number of hydrogen-bond acceptors (Lipinski definition) is 5. The van der Waals surface area contributed by atoms with Crippen molar-refractivity contribution in [1.29, 1.82) is 0 Å². The molecule has 4 aromatic rings. The van der Waals surface area contributed by atoms with E-state index in [0.717, 1.165) is 16.5 Å². The number of ether oxygens (including phenoxy) is 1. The van der Waals surface area contributed by atoms with Crippen molar-refractivity contribution in [3.05, 3.63) is 111 Å². The third kappa shape index (κ3) is 5.15. The average Bonchev–Trinajstić information content (AvgIpc) is 2.87. The lowest BCUT2D eigenvalue weighted by molar-refractivity contribution is -0.143. The van der Waals surface area contributed by atoms with Gasteiger partial charge in [-0.2, -0.15) is 0 Å². The summed E-state index contributed by atoms with van der Waals surface area (Å²) in [6.45, 7) is 5.18. The first-order valence-electron chi connectivity index (χ1n) is 11.6. The monoisotopic (exact) mass is 485 g/mol. The lowest BCUT2D eigenvalue weighted by Gasteiger charge is -2.20. The predicted molar refractivity (Wildman–Crippen MR) is 136 cm³/mol. The number of rotatable bonds is 8. The summed E-state index contributed by atoms with van der Waals surface area (Å²) >= 11 is 0. The molecule has 0 aliphatic carbocycles. The van der Waals surface area contributed by atoms with Crippen LogP contribution in [0.4, 0.5) is 0 Å². The quantitative estimate of drug-likeness (QED) is 0.350. The van der Waals surface area contributed by atoms with E-state index in [4.69, 9.17) is 9.15 Å². The lowest BCUT2D eigenvalue weighted by atomic mass is 9.98. The Balaban J connectivity index is 1.57. The third-order valence-corrected chi connectivity index (χ3v) is 6.22. The Bertz CT molecular complexity index is 1460. The van der Waals surface area contributed by atoms with Crippen molar-refractivity contribution in [2.24, 2.45) is 0 Å². The van der Waals surface area contributed by atoms with Crippen LogP contribution in [0.3, 0.4) is 0 Å². The molecule has 0 aliphatic heterocycles. The summed E-state index contributed by atoms with van der Waals surface area (Å²) in [5.74, 6) is -1.39. The van der Waals surface area contributed by atoms with Crippen molar-refractivity contribution < 1.29 is 23.8 Å². The Kier molecular flexibility index (Phi) is 7.20. The van der Waals surface area contributed by atoms with Gasteiger partial charge in [0.25, 0.3) is 5.91 Å². The summed E-state index contributed by atoms with van der Waals surface area (Å²) in [5.41, 5.74) is 3.45. The average molecular weight is 486 g/mol. The second-order valence-corrected chi connectivity index (χ2v) is 8.67. The SMILES string of the molecule is Cc1c(Cc2ccccc2)c(=O)oc2c(C)c(OC(C)C(=O)NC(C(=O)O)c3ccccc3)ccc12. The molecule has 0 saturated carbocycles. The maximum Gasteiger partial charge on any atom is 0.340 e. The molecule has 36 heavy (non-hydrogen) atoms. The van der Waals surface area contributed by atoms with Crippen LogP contribution in [0, 0.1) is 13.8 Å². The number of carboxylic acids is 1. The van der Waals surface area contributed by atoms with Crippen LogP contribution >= 0.6 is 0 Å². The van der Waals surface area contributed by atoms with Crippen LogP contribution in [0.15, 0.2) is 82.0 Å². The third-order valence-electron chi connectivity index (χ3n) is 6.22. The fraction of sp³-hybridized carbons (Fsp3) is 0.207. The highest BCUT2D eigenvalue weighted by Crippen LogP contribution is 2.30. The Hall–Kier alpha value is -4.39. The van der Waals surface area contributed by atoms with Crippen LogP contribution in [0.5, 0.6) is 5.75 Å². The standard InChI is InChI=1S/C29H27NO6/c1-17-22-14-15-24(18(2)26(22)36-29(34)23(17)16-20-10-6-4-7-11-20)35-19(3)27(31)30-25(28(32)33)21-12-8-5-9-13-21/h4-15,19,25H,16H2,1-3H3,(H,30,31)(H,32,33). The zero-order valence-electron chi connectivity index (χ0n) is 20.3. The number of aliphatic carboxylic acids is 1. The van der Waals surface area contributed by atoms with Crippen LogP contribution in [0.2, 0.25) is 0 Å². The van der Waals surface area contributed by atoms with Gasteiger partial charge >= 0.3 is 11.6 Å². The molecular weight excluding hydrogens is 458 g/mol. The molecule has 0 bridgehead atoms. The molecular formula is C29H27NO6. The second kappa shape index (κ2) is 10.5. The molecule has 2 atom stereocenters. The van der Waals surface area contributed by atoms with E-state index in [0.29, 0.717) is 34.4 Å². The van der Waals surface area contributed by atoms with Gasteiger partial charge in [-0.25, -0.2) is 9.59 Å². The normalized spacial score (nSPS) is 12.6. The fourth-order valence-corrected chi connectivity index (χ4v) is 4.14. The van der Waals surface area contributed by atoms with E-state index >= 15 is 0 Å². The molecule has 7 heteroatoms. The van der Waals surface area contributed by atoms with Crippen molar-refractivity contribution in [3.8, 4) is 5.75 Å². The summed E-state index contributed by atoms with van der Waals surface area (Å²) in [4.78, 5) is 37.3. The molecule has 1 heterocycles. The van der Waals surface area contributed by atoms with Gasteiger partial charge in [0.2, 0.25) is 0 Å². The van der Waals surface area contributed by atoms with Crippen molar-refractivity contribution in [2.45, 2.75) is 39.3 Å². The first-order chi connectivity index (χ1) is 17.3. The van der Waals surface area contributed by atoms with Crippen LogP contribution in [0.1, 0.15) is 40.8 Å². The number of aryl methyl sites for hydroxylation is 2. The molecule has 7 nitrogen and oxygen atoms in total. The van der Waals surface area contributed by atoms with Gasteiger partial charge in [-0.05, 0) is 49.6 Å². The maximum absolute atomic E-state index is 12.8. The van der Waals surface area contributed by atoms with Gasteiger partial charge in [0, 0.05) is 22.9 Å². The minimum Gasteiger partial charge on any atom is -0.480 e. The summed E-state index contributed by atoms with van der Waals surface area (Å²) in [6.07, 6.45) is -0.525. The first kappa shape index (κ1) is 24.7. The number of carbonyl (C=O) groups excluding carboxylic acids is 1. The lowest BCUT2D eigenvalue weighted by Crippen LogP contribution is -2.41. The van der Waals surface area contributed by atoms with E-state index in [1.54, 1.807) is 49.4 Å². The number of nitrogens with one attached hydrogen (secondary N) is 1. The van der Waals surface area contributed by atoms with E-state index in [1.165, 1.54) is 6.92 Å². The van der Waals surface area contributed by atoms with Gasteiger partial charge in [0.1, 0.15) is 11.3 Å². The molecule has 2 N–H and O–H groups in total. The van der Waals surface area contributed by atoms with Gasteiger partial charge in [0.05, 0.1) is 0 Å². The van der Waals surface area contributed by atoms with Crippen molar-refractivity contribution in [1.82, 2.24) is 5.32 Å². The zero-order valence-corrected chi connectivity index (χ0v) is 20.3. The number of hydrogen-bond donors (Lipinski definition) is 2. The molecule has 1 amide bonds. The van der Waals surface area contributed by atoms with E-state index in [1.807, 2.05) is 37.3 Å². The first-order valence-corrected chi connectivity index (χ1v) is 11.6. The van der Waals surface area contributed by atoms with E-state index in [-0.39, 0.29) is 0 Å². The smallest absolute Gasteiger partial charge is 0.340 e. The largest absolute Gasteiger partial charge is 0.480 e. The highest BCUT2D eigenvalue weighted by Gasteiger charge is 2.26. The number of carbonyl (C=O) groups is 2. The topological polar surface area (TPSA) is 106 Å². The summed E-state index contributed by atoms with van der Waals surface area (Å²) < 4.78 is 11.6. The molecule has 1 aromatic heterocycles. The van der Waals surface area contributed by atoms with Gasteiger partial charge < -0.3 is 19.6 Å². The number of fused-ring (bicyclic) bond motifs is 1. The van der Waals surface area contributed by atoms with E-state index in [9.17, 15) is 19.5 Å². The van der Waals surface area contributed by atoms with E-state index < -0.39 is 29.6 Å². The maximum atomic E-state index is 12.8. The molecule has 0 fully saturated rings. The highest BCUT2D eigenvalue weighted by molar-refractivity contribution is 5.88. The predicted octanol–water partition coefficient (Wildman–Crippen LogP) is 4.71. The number of benzene rings is 3. The van der Waals surface area contributed by atoms with Crippen LogP contribution < -0.4 is 15.7 Å². The van der Waals surface area contributed by atoms with Crippen molar-refractivity contribution in [2.75, 3.05) is 0 Å². The van der Waals surface area contributed by atoms with Gasteiger partial charge in [0.15, 0.2) is 12.1 Å². The van der Waals surface area contributed by atoms with Crippen LogP contribution in [-0.4, -0.2) is 23.1 Å². The molecule has 0 saturated heterocycles. The minimum atomic E-state index is -1.20. The minimum absolute atomic E-state index is 0.370. The number of carboxylic acid groups (broad SMARTS) is 1. The van der Waals surface area contributed by atoms with E-state index in [2.05, 4.69) is 5.32 Å². The molecule has 0 aliphatic rings. The molecule has 0 spiro atoms. The summed E-state index contributed by atoms with van der Waals surface area (Å²) in [7, 11) is 0. The van der Waals surface area contributed by atoms with Gasteiger partial charge in [-0.15, -0.1) is 0 Å². The Labute approximate surface area is 208 Å². The number of amides is 1. The van der Waals surface area contributed by atoms with Crippen LogP contribution in [0.25, 0.3) is 11.0 Å². The fourth-order valence-electron chi connectivity index (χ4n) is 4.14. The zero-order chi connectivity index (χ0) is 25.8. The highest BCUT2D eigenvalue weighted by atomic mass is 16.5. The molecule has 3 aromatic carbocycles. The molecule has 2 unspecified atom stereocenters. The summed E-state index contributed by atoms with van der Waals surface area (Å²) in [6, 6.07) is 20.5. The van der Waals surface area contributed by atoms with Crippen molar-refractivity contribution in [3.63, 3.8) is 0 Å². The molecule has 184 valence electrons. The van der Waals surface area contributed by atoms with Crippen LogP contribution in [-0.2, 0) is 16.0 Å². The Morgan fingerprint density at radius 1 is 0.944 bits per heavy atom. The van der Waals surface area contributed by atoms with Crippen molar-refractivity contribution >= 4 is 22.8 Å². The molecule has 4 rings (SSSR count). The Morgan fingerprint density at radius 2 is 1.58 bits per heavy atom. The molecule has 0 radical (unpaired) electrons. The van der Waals surface area contributed by atoms with Gasteiger partial charge in [-0.3, -0.25) is 4.79 Å². The second-order valence-electron chi connectivity index (χ2n) is 8.67. The van der Waals surface area contributed by atoms with Gasteiger partial charge in [-0.1, -0.05) is 60.7 Å². The Morgan fingerprint density at radius 3 is 2.22 bits per heavy atom.